The molecule has 96 valence electrons. The predicted octanol–water partition coefficient (Wildman–Crippen LogP) is 0.689. The van der Waals surface area contributed by atoms with Gasteiger partial charge in [0, 0.05) is 26.3 Å². The first kappa shape index (κ1) is 12.4. The molecule has 1 saturated heterocycles. The minimum Gasteiger partial charge on any atom is -0.373 e. The van der Waals surface area contributed by atoms with E-state index in [0.29, 0.717) is 11.3 Å². The maximum Gasteiger partial charge on any atom is 0.253 e. The van der Waals surface area contributed by atoms with Crippen LogP contribution in [0.5, 0.6) is 0 Å². The van der Waals surface area contributed by atoms with Gasteiger partial charge in [0.15, 0.2) is 0 Å². The quantitative estimate of drug-likeness (QED) is 0.826. The number of rotatable bonds is 3. The summed E-state index contributed by atoms with van der Waals surface area (Å²) in [6.45, 7) is 0.749. The molecule has 0 spiro atoms. The van der Waals surface area contributed by atoms with Crippen LogP contribution in [0.2, 0.25) is 0 Å². The predicted molar refractivity (Wildman–Crippen MR) is 69.5 cm³/mol. The Balaban J connectivity index is 2.19. The second-order valence-electron chi connectivity index (χ2n) is 4.37. The van der Waals surface area contributed by atoms with Gasteiger partial charge in [-0.2, -0.15) is 0 Å². The first-order valence-corrected chi connectivity index (χ1v) is 5.96. The lowest BCUT2D eigenvalue weighted by atomic mass is 10.1. The van der Waals surface area contributed by atoms with Crippen molar-refractivity contribution in [2.45, 2.75) is 12.5 Å². The van der Waals surface area contributed by atoms with E-state index in [1.54, 1.807) is 31.1 Å². The molecule has 1 fully saturated rings. The Morgan fingerprint density at radius 3 is 2.72 bits per heavy atom. The van der Waals surface area contributed by atoms with Gasteiger partial charge in [-0.05, 0) is 18.6 Å². The molecule has 1 aliphatic rings. The van der Waals surface area contributed by atoms with Crippen molar-refractivity contribution in [3.05, 3.63) is 29.8 Å². The van der Waals surface area contributed by atoms with E-state index in [1.165, 1.54) is 0 Å². The topological polar surface area (TPSA) is 61.4 Å². The molecule has 2 amide bonds. The molecule has 0 bridgehead atoms. The van der Waals surface area contributed by atoms with E-state index in [2.05, 4.69) is 10.6 Å². The lowest BCUT2D eigenvalue weighted by molar-refractivity contribution is -0.127. The number of nitrogens with zero attached hydrogens (tertiary/aromatic N) is 1. The molecule has 0 aromatic heterocycles. The van der Waals surface area contributed by atoms with E-state index >= 15 is 0 Å². The van der Waals surface area contributed by atoms with Crippen LogP contribution in [0.25, 0.3) is 0 Å². The van der Waals surface area contributed by atoms with E-state index in [9.17, 15) is 9.59 Å². The summed E-state index contributed by atoms with van der Waals surface area (Å²) in [7, 11) is 3.38. The second-order valence-corrected chi connectivity index (χ2v) is 4.37. The van der Waals surface area contributed by atoms with Crippen molar-refractivity contribution >= 4 is 17.5 Å². The van der Waals surface area contributed by atoms with Crippen LogP contribution in [0, 0.1) is 0 Å². The van der Waals surface area contributed by atoms with Crippen molar-refractivity contribution in [3.8, 4) is 0 Å². The zero-order chi connectivity index (χ0) is 13.1. The van der Waals surface area contributed by atoms with Crippen LogP contribution in [0.1, 0.15) is 16.8 Å². The molecule has 5 nitrogen and oxygen atoms in total. The molecule has 18 heavy (non-hydrogen) atoms. The minimum absolute atomic E-state index is 0.0710. The number of anilines is 1. The average Bonchev–Trinajstić information content (AvgIpc) is 2.70. The Morgan fingerprint density at radius 2 is 2.11 bits per heavy atom. The summed E-state index contributed by atoms with van der Waals surface area (Å²) < 4.78 is 0. The van der Waals surface area contributed by atoms with Crippen LogP contribution in [0.15, 0.2) is 24.3 Å². The number of likely N-dealkylation sites (N-methyl/N-ethyl adjacent to an activating group) is 1. The molecule has 0 saturated carbocycles. The average molecular weight is 247 g/mol. The van der Waals surface area contributed by atoms with E-state index < -0.39 is 0 Å². The van der Waals surface area contributed by atoms with Crippen LogP contribution >= 0.6 is 0 Å². The van der Waals surface area contributed by atoms with Crippen LogP contribution in [-0.2, 0) is 4.79 Å². The summed E-state index contributed by atoms with van der Waals surface area (Å²) in [6.07, 6.45) is 0.761. The Bertz CT molecular complexity index is 473. The summed E-state index contributed by atoms with van der Waals surface area (Å²) >= 11 is 0. The molecule has 0 unspecified atom stereocenters. The molecule has 1 aliphatic heterocycles. The minimum atomic E-state index is -0.235. The fraction of sp³-hybridized carbons (Fsp3) is 0.385. The first-order chi connectivity index (χ1) is 8.63. The van der Waals surface area contributed by atoms with Gasteiger partial charge in [-0.15, -0.1) is 0 Å². The Morgan fingerprint density at radius 1 is 1.39 bits per heavy atom. The van der Waals surface area contributed by atoms with Crippen LogP contribution in [0.3, 0.4) is 0 Å². The number of carbonyl (C=O) groups is 2. The SMILES string of the molecule is CNC(=O)c1ccccc1N[C@@H]1CCN(C)C1=O. The first-order valence-electron chi connectivity index (χ1n) is 5.96. The highest BCUT2D eigenvalue weighted by molar-refractivity contribution is 6.00. The zero-order valence-electron chi connectivity index (χ0n) is 10.6. The maximum absolute atomic E-state index is 11.8. The lowest BCUT2D eigenvalue weighted by Gasteiger charge is -2.16. The van der Waals surface area contributed by atoms with E-state index in [-0.39, 0.29) is 17.9 Å². The fourth-order valence-corrected chi connectivity index (χ4v) is 2.09. The Hall–Kier alpha value is -2.04. The second kappa shape index (κ2) is 5.08. The zero-order valence-corrected chi connectivity index (χ0v) is 10.6. The fourth-order valence-electron chi connectivity index (χ4n) is 2.09. The molecule has 1 atom stereocenters. The summed E-state index contributed by atoms with van der Waals surface area (Å²) in [5, 5.41) is 5.75. The van der Waals surface area contributed by atoms with Gasteiger partial charge in [0.05, 0.1) is 5.56 Å². The Labute approximate surface area is 106 Å². The number of hydrogen-bond donors (Lipinski definition) is 2. The number of benzene rings is 1. The molecule has 1 aromatic carbocycles. The highest BCUT2D eigenvalue weighted by Gasteiger charge is 2.29. The van der Waals surface area contributed by atoms with Crippen molar-refractivity contribution in [2.24, 2.45) is 0 Å². The van der Waals surface area contributed by atoms with Crippen LogP contribution < -0.4 is 10.6 Å². The summed E-state index contributed by atoms with van der Waals surface area (Å²) in [4.78, 5) is 25.2. The van der Waals surface area contributed by atoms with E-state index in [0.717, 1.165) is 13.0 Å². The number of carbonyl (C=O) groups excluding carboxylic acids is 2. The molecule has 5 heteroatoms. The standard InChI is InChI=1S/C13H17N3O2/c1-14-12(17)9-5-3-4-6-10(9)15-11-7-8-16(2)13(11)18/h3-6,11,15H,7-8H2,1-2H3,(H,14,17)/t11-/m1/s1. The highest BCUT2D eigenvalue weighted by atomic mass is 16.2. The van der Waals surface area contributed by atoms with Crippen molar-refractivity contribution < 1.29 is 9.59 Å². The van der Waals surface area contributed by atoms with Gasteiger partial charge < -0.3 is 15.5 Å². The monoisotopic (exact) mass is 247 g/mol. The normalized spacial score (nSPS) is 18.9. The molecule has 0 aliphatic carbocycles. The van der Waals surface area contributed by atoms with Crippen molar-refractivity contribution in [1.82, 2.24) is 10.2 Å². The van der Waals surface area contributed by atoms with Gasteiger partial charge >= 0.3 is 0 Å². The van der Waals surface area contributed by atoms with E-state index in [1.807, 2.05) is 12.1 Å². The van der Waals surface area contributed by atoms with Crippen molar-refractivity contribution in [2.75, 3.05) is 26.0 Å². The third kappa shape index (κ3) is 2.30. The third-order valence-electron chi connectivity index (χ3n) is 3.16. The molecular formula is C13H17N3O2. The third-order valence-corrected chi connectivity index (χ3v) is 3.16. The number of hydrogen-bond acceptors (Lipinski definition) is 3. The lowest BCUT2D eigenvalue weighted by Crippen LogP contribution is -2.32. The largest absolute Gasteiger partial charge is 0.373 e. The summed E-state index contributed by atoms with van der Waals surface area (Å²) in [5.74, 6) is -0.0846. The van der Waals surface area contributed by atoms with Gasteiger partial charge in [0.1, 0.15) is 6.04 Å². The van der Waals surface area contributed by atoms with Crippen LogP contribution in [-0.4, -0.2) is 43.4 Å². The molecular weight excluding hydrogens is 230 g/mol. The van der Waals surface area contributed by atoms with Gasteiger partial charge in [0.25, 0.3) is 5.91 Å². The van der Waals surface area contributed by atoms with Crippen molar-refractivity contribution in [1.29, 1.82) is 0 Å². The number of likely N-dealkylation sites (tertiary alicyclic amines) is 1. The summed E-state index contributed by atoms with van der Waals surface area (Å²) in [5.41, 5.74) is 1.26. The number of nitrogens with one attached hydrogen (secondary N) is 2. The molecule has 2 N–H and O–H groups in total. The maximum atomic E-state index is 11.8. The summed E-state index contributed by atoms with van der Waals surface area (Å²) in [6, 6.07) is 6.97. The van der Waals surface area contributed by atoms with Crippen molar-refractivity contribution in [3.63, 3.8) is 0 Å². The van der Waals surface area contributed by atoms with Crippen LogP contribution in [0.4, 0.5) is 5.69 Å². The van der Waals surface area contributed by atoms with Gasteiger partial charge in [-0.1, -0.05) is 12.1 Å². The number of para-hydroxylation sites is 1. The van der Waals surface area contributed by atoms with E-state index in [4.69, 9.17) is 0 Å². The molecule has 0 radical (unpaired) electrons. The Kier molecular flexibility index (Phi) is 3.50. The molecule has 1 heterocycles. The molecule has 1 aromatic rings. The van der Waals surface area contributed by atoms with Gasteiger partial charge in [-0.25, -0.2) is 0 Å². The smallest absolute Gasteiger partial charge is 0.253 e. The van der Waals surface area contributed by atoms with Gasteiger partial charge in [0.2, 0.25) is 5.91 Å². The highest BCUT2D eigenvalue weighted by Crippen LogP contribution is 2.20. The number of amides is 2. The molecule has 2 rings (SSSR count). The van der Waals surface area contributed by atoms with Gasteiger partial charge in [-0.3, -0.25) is 9.59 Å².